The molecule has 1 fully saturated rings. The third-order valence-corrected chi connectivity index (χ3v) is 3.49. The molecule has 0 radical (unpaired) electrons. The maximum absolute atomic E-state index is 9.39. The number of ether oxygens (including phenoxy) is 1. The van der Waals surface area contributed by atoms with Gasteiger partial charge in [0.2, 0.25) is 0 Å². The summed E-state index contributed by atoms with van der Waals surface area (Å²) in [5.74, 6) is 0.0227. The van der Waals surface area contributed by atoms with E-state index in [2.05, 4.69) is 15.9 Å². The number of hydrogen-bond donors (Lipinski definition) is 3. The van der Waals surface area contributed by atoms with Gasteiger partial charge in [0.15, 0.2) is 0 Å². The standard InChI is InChI=1S/C12H16BrN3O2/c13-8-1-2-11(10(5-8)12(14)15)16-3-4-18-7-9(16)6-17/h1-2,5,9,17H,3-4,6-7H2,(H3,14,15). The third-order valence-electron chi connectivity index (χ3n) is 3.00. The molecule has 1 heterocycles. The maximum Gasteiger partial charge on any atom is 0.124 e. The van der Waals surface area contributed by atoms with Crippen LogP contribution in [0.2, 0.25) is 0 Å². The van der Waals surface area contributed by atoms with Gasteiger partial charge in [-0.1, -0.05) is 15.9 Å². The van der Waals surface area contributed by atoms with E-state index in [0.717, 1.165) is 10.2 Å². The molecule has 98 valence electrons. The molecule has 0 bridgehead atoms. The first-order valence-corrected chi connectivity index (χ1v) is 6.52. The number of nitrogens with one attached hydrogen (secondary N) is 1. The van der Waals surface area contributed by atoms with E-state index in [-0.39, 0.29) is 18.5 Å². The molecule has 0 aliphatic carbocycles. The van der Waals surface area contributed by atoms with Gasteiger partial charge < -0.3 is 20.5 Å². The van der Waals surface area contributed by atoms with Crippen molar-refractivity contribution in [3.8, 4) is 0 Å². The number of aliphatic hydroxyl groups excluding tert-OH is 1. The fourth-order valence-corrected chi connectivity index (χ4v) is 2.46. The van der Waals surface area contributed by atoms with Gasteiger partial charge in [-0.05, 0) is 18.2 Å². The largest absolute Gasteiger partial charge is 0.394 e. The summed E-state index contributed by atoms with van der Waals surface area (Å²) < 4.78 is 6.23. The molecule has 0 amide bonds. The van der Waals surface area contributed by atoms with E-state index in [4.69, 9.17) is 15.9 Å². The molecule has 1 aliphatic heterocycles. The second-order valence-electron chi connectivity index (χ2n) is 4.18. The van der Waals surface area contributed by atoms with Crippen molar-refractivity contribution in [3.63, 3.8) is 0 Å². The summed E-state index contributed by atoms with van der Waals surface area (Å²) >= 11 is 3.38. The molecule has 1 aromatic carbocycles. The lowest BCUT2D eigenvalue weighted by atomic mass is 10.1. The molecule has 1 unspecified atom stereocenters. The van der Waals surface area contributed by atoms with Gasteiger partial charge in [-0.3, -0.25) is 5.41 Å². The predicted molar refractivity (Wildman–Crippen MR) is 74.2 cm³/mol. The van der Waals surface area contributed by atoms with Crippen LogP contribution in [0.4, 0.5) is 5.69 Å². The average Bonchev–Trinajstić information content (AvgIpc) is 2.38. The smallest absolute Gasteiger partial charge is 0.124 e. The Balaban J connectivity index is 2.39. The van der Waals surface area contributed by atoms with Gasteiger partial charge in [-0.2, -0.15) is 0 Å². The van der Waals surface area contributed by atoms with Gasteiger partial charge in [0, 0.05) is 22.3 Å². The van der Waals surface area contributed by atoms with Gasteiger partial charge in [-0.25, -0.2) is 0 Å². The number of nitrogen functional groups attached to an aromatic ring is 1. The maximum atomic E-state index is 9.39. The Morgan fingerprint density at radius 3 is 3.06 bits per heavy atom. The number of morpholine rings is 1. The molecule has 1 saturated heterocycles. The van der Waals surface area contributed by atoms with Crippen LogP contribution in [0.25, 0.3) is 0 Å². The zero-order valence-corrected chi connectivity index (χ0v) is 11.5. The van der Waals surface area contributed by atoms with Crippen LogP contribution in [0.3, 0.4) is 0 Å². The first-order chi connectivity index (χ1) is 8.63. The van der Waals surface area contributed by atoms with Crippen molar-refractivity contribution in [2.75, 3.05) is 31.3 Å². The molecule has 4 N–H and O–H groups in total. The summed E-state index contributed by atoms with van der Waals surface area (Å²) in [5, 5.41) is 17.0. The van der Waals surface area contributed by atoms with Crippen LogP contribution in [0, 0.1) is 5.41 Å². The molecule has 0 saturated carbocycles. The summed E-state index contributed by atoms with van der Waals surface area (Å²) in [6.45, 7) is 1.81. The summed E-state index contributed by atoms with van der Waals surface area (Å²) in [4.78, 5) is 2.05. The number of amidine groups is 1. The summed E-state index contributed by atoms with van der Waals surface area (Å²) in [6, 6.07) is 5.56. The number of benzene rings is 1. The number of rotatable bonds is 3. The zero-order chi connectivity index (χ0) is 13.1. The monoisotopic (exact) mass is 313 g/mol. The van der Waals surface area contributed by atoms with Crippen molar-refractivity contribution in [2.45, 2.75) is 6.04 Å². The minimum Gasteiger partial charge on any atom is -0.394 e. The quantitative estimate of drug-likeness (QED) is 0.572. The Morgan fingerprint density at radius 2 is 2.39 bits per heavy atom. The lowest BCUT2D eigenvalue weighted by Gasteiger charge is -2.37. The van der Waals surface area contributed by atoms with E-state index in [1.54, 1.807) is 0 Å². The fraction of sp³-hybridized carbons (Fsp3) is 0.417. The molecule has 1 aliphatic rings. The van der Waals surface area contributed by atoms with Crippen molar-refractivity contribution in [3.05, 3.63) is 28.2 Å². The Hall–Kier alpha value is -1.11. The summed E-state index contributed by atoms with van der Waals surface area (Å²) in [5.41, 5.74) is 7.16. The van der Waals surface area contributed by atoms with Crippen molar-refractivity contribution in [1.82, 2.24) is 0 Å². The molecular formula is C12H16BrN3O2. The molecule has 18 heavy (non-hydrogen) atoms. The van der Waals surface area contributed by atoms with Crippen LogP contribution in [-0.2, 0) is 4.74 Å². The Bertz CT molecular complexity index is 453. The lowest BCUT2D eigenvalue weighted by Crippen LogP contribution is -2.48. The van der Waals surface area contributed by atoms with Gasteiger partial charge in [0.25, 0.3) is 0 Å². The minimum atomic E-state index is -0.0852. The first kappa shape index (κ1) is 13.3. The van der Waals surface area contributed by atoms with Gasteiger partial charge in [0.05, 0.1) is 25.9 Å². The SMILES string of the molecule is N=C(N)c1cc(Br)ccc1N1CCOCC1CO. The zero-order valence-electron chi connectivity index (χ0n) is 9.90. The molecule has 5 nitrogen and oxygen atoms in total. The Labute approximate surface area is 114 Å². The van der Waals surface area contributed by atoms with Crippen LogP contribution in [-0.4, -0.2) is 43.3 Å². The highest BCUT2D eigenvalue weighted by Crippen LogP contribution is 2.27. The average molecular weight is 314 g/mol. The van der Waals surface area contributed by atoms with E-state index >= 15 is 0 Å². The Kier molecular flexibility index (Phi) is 4.21. The van der Waals surface area contributed by atoms with E-state index in [9.17, 15) is 5.11 Å². The number of nitrogens with zero attached hydrogens (tertiary/aromatic N) is 1. The van der Waals surface area contributed by atoms with Crippen LogP contribution >= 0.6 is 15.9 Å². The molecule has 0 spiro atoms. The molecule has 1 aromatic rings. The van der Waals surface area contributed by atoms with Gasteiger partial charge in [-0.15, -0.1) is 0 Å². The molecular weight excluding hydrogens is 298 g/mol. The second-order valence-corrected chi connectivity index (χ2v) is 5.10. The van der Waals surface area contributed by atoms with E-state index < -0.39 is 0 Å². The molecule has 2 rings (SSSR count). The van der Waals surface area contributed by atoms with Crippen molar-refractivity contribution < 1.29 is 9.84 Å². The van der Waals surface area contributed by atoms with Crippen molar-refractivity contribution in [2.24, 2.45) is 5.73 Å². The summed E-state index contributed by atoms with van der Waals surface area (Å²) in [7, 11) is 0. The summed E-state index contributed by atoms with van der Waals surface area (Å²) in [6.07, 6.45) is 0. The molecule has 0 aromatic heterocycles. The normalized spacial score (nSPS) is 19.9. The number of aliphatic hydroxyl groups is 1. The highest BCUT2D eigenvalue weighted by Gasteiger charge is 2.25. The number of nitrogens with two attached hydrogens (primary N) is 1. The predicted octanol–water partition coefficient (Wildman–Crippen LogP) is 0.931. The van der Waals surface area contributed by atoms with E-state index in [1.807, 2.05) is 23.1 Å². The van der Waals surface area contributed by atoms with Crippen LogP contribution in [0.1, 0.15) is 5.56 Å². The van der Waals surface area contributed by atoms with E-state index in [0.29, 0.717) is 25.3 Å². The number of anilines is 1. The van der Waals surface area contributed by atoms with Crippen molar-refractivity contribution >= 4 is 27.5 Å². The Morgan fingerprint density at radius 1 is 1.61 bits per heavy atom. The van der Waals surface area contributed by atoms with Crippen molar-refractivity contribution in [1.29, 1.82) is 5.41 Å². The van der Waals surface area contributed by atoms with Crippen LogP contribution < -0.4 is 10.6 Å². The van der Waals surface area contributed by atoms with Crippen LogP contribution in [0.5, 0.6) is 0 Å². The first-order valence-electron chi connectivity index (χ1n) is 5.72. The highest BCUT2D eigenvalue weighted by molar-refractivity contribution is 9.10. The molecule has 1 atom stereocenters. The second kappa shape index (κ2) is 5.69. The third kappa shape index (κ3) is 2.66. The van der Waals surface area contributed by atoms with Gasteiger partial charge >= 0.3 is 0 Å². The van der Waals surface area contributed by atoms with E-state index in [1.165, 1.54) is 0 Å². The highest BCUT2D eigenvalue weighted by atomic mass is 79.9. The molecule has 6 heteroatoms. The van der Waals surface area contributed by atoms with Gasteiger partial charge in [0.1, 0.15) is 5.84 Å². The number of halogens is 1. The van der Waals surface area contributed by atoms with Crippen LogP contribution in [0.15, 0.2) is 22.7 Å². The fourth-order valence-electron chi connectivity index (χ4n) is 2.10. The lowest BCUT2D eigenvalue weighted by molar-refractivity contribution is 0.0727. The number of hydrogen-bond acceptors (Lipinski definition) is 4. The minimum absolute atomic E-state index is 0.0212. The topological polar surface area (TPSA) is 82.6 Å².